The predicted molar refractivity (Wildman–Crippen MR) is 106 cm³/mol. The molecule has 1 N–H and O–H groups in total. The van der Waals surface area contributed by atoms with Crippen LogP contribution < -0.4 is 5.32 Å². The number of rotatable bonds is 5. The highest BCUT2D eigenvalue weighted by Crippen LogP contribution is 2.26. The highest BCUT2D eigenvalue weighted by Gasteiger charge is 2.37. The maximum Gasteiger partial charge on any atom is 0.407 e. The first-order chi connectivity index (χ1) is 13.8. The molecule has 154 valence electrons. The van der Waals surface area contributed by atoms with Crippen molar-refractivity contribution in [3.63, 3.8) is 0 Å². The van der Waals surface area contributed by atoms with Crippen LogP contribution in [0.15, 0.2) is 30.9 Å². The SMILES string of the molecule is C=CCOC(=O)NC1CCN(C(=O)c2ccc3c(c2)C(=O)N(C(C)C)C3=O)CC1. The van der Waals surface area contributed by atoms with Gasteiger partial charge in [-0.25, -0.2) is 4.79 Å². The molecule has 8 nitrogen and oxygen atoms in total. The third-order valence-corrected chi connectivity index (χ3v) is 5.12. The van der Waals surface area contributed by atoms with Crippen molar-refractivity contribution < 1.29 is 23.9 Å². The third-order valence-electron chi connectivity index (χ3n) is 5.12. The molecule has 8 heteroatoms. The van der Waals surface area contributed by atoms with Crippen LogP contribution in [0.25, 0.3) is 0 Å². The molecule has 2 heterocycles. The van der Waals surface area contributed by atoms with Gasteiger partial charge in [0.05, 0.1) is 11.1 Å². The number of hydrogen-bond donors (Lipinski definition) is 1. The lowest BCUT2D eigenvalue weighted by molar-refractivity contribution is 0.0608. The average Bonchev–Trinajstić information content (AvgIpc) is 2.96. The predicted octanol–water partition coefficient (Wildman–Crippen LogP) is 2.21. The van der Waals surface area contributed by atoms with Crippen molar-refractivity contribution in [2.24, 2.45) is 0 Å². The summed E-state index contributed by atoms with van der Waals surface area (Å²) >= 11 is 0. The van der Waals surface area contributed by atoms with Gasteiger partial charge >= 0.3 is 6.09 Å². The van der Waals surface area contributed by atoms with Gasteiger partial charge in [-0.2, -0.15) is 0 Å². The Morgan fingerprint density at radius 1 is 1.21 bits per heavy atom. The van der Waals surface area contributed by atoms with Gasteiger partial charge in [0.2, 0.25) is 0 Å². The van der Waals surface area contributed by atoms with E-state index >= 15 is 0 Å². The second-order valence-corrected chi connectivity index (χ2v) is 7.43. The summed E-state index contributed by atoms with van der Waals surface area (Å²) in [6.07, 6.45) is 2.22. The van der Waals surface area contributed by atoms with E-state index in [0.29, 0.717) is 37.1 Å². The van der Waals surface area contributed by atoms with Gasteiger partial charge in [-0.1, -0.05) is 12.7 Å². The molecule has 2 aliphatic rings. The molecule has 1 saturated heterocycles. The van der Waals surface area contributed by atoms with Gasteiger partial charge in [-0.3, -0.25) is 19.3 Å². The van der Waals surface area contributed by atoms with E-state index in [-0.39, 0.29) is 42.0 Å². The van der Waals surface area contributed by atoms with Crippen molar-refractivity contribution in [2.45, 2.75) is 38.8 Å². The number of carbonyl (C=O) groups is 4. The van der Waals surface area contributed by atoms with Gasteiger partial charge in [0, 0.05) is 30.7 Å². The molecule has 3 rings (SSSR count). The van der Waals surface area contributed by atoms with Gasteiger partial charge in [0.15, 0.2) is 0 Å². The fourth-order valence-corrected chi connectivity index (χ4v) is 3.61. The minimum Gasteiger partial charge on any atom is -0.445 e. The van der Waals surface area contributed by atoms with E-state index in [2.05, 4.69) is 11.9 Å². The Morgan fingerprint density at radius 3 is 2.48 bits per heavy atom. The van der Waals surface area contributed by atoms with Crippen LogP contribution in [0.4, 0.5) is 4.79 Å². The van der Waals surface area contributed by atoms with E-state index in [1.807, 2.05) is 0 Å². The number of imide groups is 1. The Kier molecular flexibility index (Phi) is 6.00. The molecule has 0 saturated carbocycles. The average molecular weight is 399 g/mol. The van der Waals surface area contributed by atoms with Crippen molar-refractivity contribution >= 4 is 23.8 Å². The molecule has 4 amide bonds. The van der Waals surface area contributed by atoms with Crippen LogP contribution in [0.1, 0.15) is 57.8 Å². The maximum absolute atomic E-state index is 12.9. The summed E-state index contributed by atoms with van der Waals surface area (Å²) in [5.74, 6) is -0.881. The lowest BCUT2D eigenvalue weighted by Crippen LogP contribution is -2.46. The lowest BCUT2D eigenvalue weighted by Gasteiger charge is -2.32. The van der Waals surface area contributed by atoms with Gasteiger partial charge in [0.1, 0.15) is 6.61 Å². The van der Waals surface area contributed by atoms with Crippen molar-refractivity contribution in [2.75, 3.05) is 19.7 Å². The number of benzene rings is 1. The van der Waals surface area contributed by atoms with E-state index < -0.39 is 6.09 Å². The molecule has 0 aromatic heterocycles. The number of ether oxygens (including phenoxy) is 1. The van der Waals surface area contributed by atoms with Gasteiger partial charge in [-0.15, -0.1) is 0 Å². The van der Waals surface area contributed by atoms with Crippen LogP contribution in [0.2, 0.25) is 0 Å². The Labute approximate surface area is 169 Å². The van der Waals surface area contributed by atoms with Crippen molar-refractivity contribution in [3.8, 4) is 0 Å². The normalized spacial score (nSPS) is 16.8. The van der Waals surface area contributed by atoms with Gasteiger partial charge in [-0.05, 0) is 44.9 Å². The summed E-state index contributed by atoms with van der Waals surface area (Å²) in [6.45, 7) is 8.15. The molecule has 0 radical (unpaired) electrons. The van der Waals surface area contributed by atoms with Crippen LogP contribution >= 0.6 is 0 Å². The van der Waals surface area contributed by atoms with Crippen LogP contribution in [0, 0.1) is 0 Å². The zero-order chi connectivity index (χ0) is 21.1. The molecule has 0 spiro atoms. The number of piperidine rings is 1. The molecule has 0 bridgehead atoms. The number of hydrogen-bond acceptors (Lipinski definition) is 5. The highest BCUT2D eigenvalue weighted by molar-refractivity contribution is 6.22. The number of carbonyl (C=O) groups excluding carboxylic acids is 4. The highest BCUT2D eigenvalue weighted by atomic mass is 16.5. The number of likely N-dealkylation sites (tertiary alicyclic amines) is 1. The second-order valence-electron chi connectivity index (χ2n) is 7.43. The van der Waals surface area contributed by atoms with Crippen molar-refractivity contribution in [3.05, 3.63) is 47.5 Å². The quantitative estimate of drug-likeness (QED) is 0.605. The van der Waals surface area contributed by atoms with E-state index in [1.165, 1.54) is 17.0 Å². The molecule has 0 unspecified atom stereocenters. The zero-order valence-electron chi connectivity index (χ0n) is 16.6. The van der Waals surface area contributed by atoms with E-state index in [1.54, 1.807) is 30.9 Å². The van der Waals surface area contributed by atoms with Crippen LogP contribution in [-0.4, -0.2) is 65.4 Å². The Hall–Kier alpha value is -3.16. The summed E-state index contributed by atoms with van der Waals surface area (Å²) in [4.78, 5) is 52.3. The lowest BCUT2D eigenvalue weighted by atomic mass is 10.0. The number of fused-ring (bicyclic) bond motifs is 1. The molecular formula is C21H25N3O5. The topological polar surface area (TPSA) is 96.0 Å². The Morgan fingerprint density at radius 2 is 1.86 bits per heavy atom. The Balaban J connectivity index is 1.63. The summed E-state index contributed by atoms with van der Waals surface area (Å²) < 4.78 is 4.91. The van der Waals surface area contributed by atoms with Crippen LogP contribution in [-0.2, 0) is 4.74 Å². The molecule has 1 aromatic rings. The summed E-state index contributed by atoms with van der Waals surface area (Å²) in [5.41, 5.74) is 0.990. The number of nitrogens with one attached hydrogen (secondary N) is 1. The summed E-state index contributed by atoms with van der Waals surface area (Å²) in [7, 11) is 0. The number of nitrogens with zero attached hydrogens (tertiary/aromatic N) is 2. The fraction of sp³-hybridized carbons (Fsp3) is 0.429. The Bertz CT molecular complexity index is 856. The smallest absolute Gasteiger partial charge is 0.407 e. The summed E-state index contributed by atoms with van der Waals surface area (Å²) in [6, 6.07) is 4.35. The molecule has 0 atom stereocenters. The van der Waals surface area contributed by atoms with Crippen molar-refractivity contribution in [1.82, 2.24) is 15.1 Å². The van der Waals surface area contributed by atoms with Crippen LogP contribution in [0.3, 0.4) is 0 Å². The van der Waals surface area contributed by atoms with Gasteiger partial charge in [0.25, 0.3) is 17.7 Å². The number of amides is 4. The summed E-state index contributed by atoms with van der Waals surface area (Å²) in [5, 5.41) is 2.78. The zero-order valence-corrected chi connectivity index (χ0v) is 16.6. The van der Waals surface area contributed by atoms with E-state index in [9.17, 15) is 19.2 Å². The first-order valence-corrected chi connectivity index (χ1v) is 9.69. The number of alkyl carbamates (subject to hydrolysis) is 1. The standard InChI is InChI=1S/C21H25N3O5/c1-4-11-29-21(28)22-15-7-9-23(10-8-15)18(25)14-5-6-16-17(12-14)20(27)24(13(2)3)19(16)26/h4-6,12-13,15H,1,7-11H2,2-3H3,(H,22,28). The molecule has 0 aliphatic carbocycles. The van der Waals surface area contributed by atoms with Gasteiger partial charge < -0.3 is 15.0 Å². The molecule has 1 aromatic carbocycles. The van der Waals surface area contributed by atoms with E-state index in [0.717, 1.165) is 0 Å². The fourth-order valence-electron chi connectivity index (χ4n) is 3.61. The minimum absolute atomic E-state index is 0.0600. The maximum atomic E-state index is 12.9. The molecule has 29 heavy (non-hydrogen) atoms. The largest absolute Gasteiger partial charge is 0.445 e. The first kappa shape index (κ1) is 20.6. The first-order valence-electron chi connectivity index (χ1n) is 9.69. The van der Waals surface area contributed by atoms with E-state index in [4.69, 9.17) is 4.74 Å². The third kappa shape index (κ3) is 4.16. The molecule has 2 aliphatic heterocycles. The van der Waals surface area contributed by atoms with Crippen molar-refractivity contribution in [1.29, 1.82) is 0 Å². The molecule has 1 fully saturated rings. The minimum atomic E-state index is -0.494. The monoisotopic (exact) mass is 399 g/mol. The molecular weight excluding hydrogens is 374 g/mol. The van der Waals surface area contributed by atoms with Crippen LogP contribution in [0.5, 0.6) is 0 Å². The second kappa shape index (κ2) is 8.46.